The largest absolute Gasteiger partial charge is 0.399 e. The number of aryl methyl sites for hydroxylation is 1. The molecule has 0 atom stereocenters. The minimum atomic E-state index is 0.0400. The van der Waals surface area contributed by atoms with Crippen molar-refractivity contribution in [1.82, 2.24) is 0 Å². The molecule has 0 heterocycles. The van der Waals surface area contributed by atoms with Crippen LogP contribution in [-0.2, 0) is 31.1 Å². The second kappa shape index (κ2) is 15.5. The Hall–Kier alpha value is -4.30. The maximum Gasteiger partial charge on any atom is 0.0314 e. The molecule has 6 rings (SSSR count). The lowest BCUT2D eigenvalue weighted by molar-refractivity contribution is 0.264. The Morgan fingerprint density at radius 1 is 0.489 bits per heavy atom. The summed E-state index contributed by atoms with van der Waals surface area (Å²) >= 11 is 0. The predicted molar refractivity (Wildman–Crippen MR) is 201 cm³/mol. The van der Waals surface area contributed by atoms with Crippen molar-refractivity contribution in [3.8, 4) is 0 Å². The first kappa shape index (κ1) is 32.6. The molecule has 47 heavy (non-hydrogen) atoms. The number of nitrogen functional groups attached to an aromatic ring is 2. The van der Waals surface area contributed by atoms with E-state index in [1.54, 1.807) is 0 Å². The van der Waals surface area contributed by atoms with Crippen LogP contribution in [-0.4, -0.2) is 0 Å². The summed E-state index contributed by atoms with van der Waals surface area (Å²) in [5, 5.41) is 0. The number of anilines is 2. The zero-order valence-electron chi connectivity index (χ0n) is 28.3. The predicted octanol–water partition coefficient (Wildman–Crippen LogP) is 10.9. The monoisotopic (exact) mass is 620 g/mol. The zero-order valence-corrected chi connectivity index (χ0v) is 28.3. The first-order valence-electron chi connectivity index (χ1n) is 17.9. The maximum absolute atomic E-state index is 5.92. The Balaban J connectivity index is 1.17. The van der Waals surface area contributed by atoms with E-state index in [9.17, 15) is 0 Å². The topological polar surface area (TPSA) is 52.0 Å². The van der Waals surface area contributed by atoms with Crippen LogP contribution in [0.4, 0.5) is 11.4 Å². The van der Waals surface area contributed by atoms with Crippen LogP contribution in [0.25, 0.3) is 0 Å². The van der Waals surface area contributed by atoms with Crippen molar-refractivity contribution < 1.29 is 0 Å². The van der Waals surface area contributed by atoms with Crippen molar-refractivity contribution >= 4 is 11.4 Å². The number of hydrogen-bond donors (Lipinski definition) is 2. The molecule has 1 aliphatic rings. The Morgan fingerprint density at radius 2 is 0.894 bits per heavy atom. The van der Waals surface area contributed by atoms with Crippen LogP contribution in [0.2, 0.25) is 0 Å². The van der Waals surface area contributed by atoms with Crippen molar-refractivity contribution in [2.45, 2.75) is 89.4 Å². The van der Waals surface area contributed by atoms with E-state index in [-0.39, 0.29) is 5.41 Å². The van der Waals surface area contributed by atoms with Crippen LogP contribution >= 0.6 is 0 Å². The molecule has 0 amide bonds. The Bertz CT molecular complexity index is 1560. The summed E-state index contributed by atoms with van der Waals surface area (Å²) in [5.41, 5.74) is 24.7. The molecular weight excluding hydrogens is 569 g/mol. The van der Waals surface area contributed by atoms with Crippen molar-refractivity contribution in [3.63, 3.8) is 0 Å². The normalized spacial score (nSPS) is 14.7. The second-order valence-corrected chi connectivity index (χ2v) is 14.1. The van der Waals surface area contributed by atoms with Crippen molar-refractivity contribution in [3.05, 3.63) is 166 Å². The molecule has 242 valence electrons. The van der Waals surface area contributed by atoms with Crippen LogP contribution in [0.3, 0.4) is 0 Å². The second-order valence-electron chi connectivity index (χ2n) is 14.1. The molecule has 0 bridgehead atoms. The highest BCUT2D eigenvalue weighted by molar-refractivity contribution is 5.45. The van der Waals surface area contributed by atoms with Gasteiger partial charge in [0.1, 0.15) is 0 Å². The van der Waals surface area contributed by atoms with Gasteiger partial charge in [0.05, 0.1) is 0 Å². The van der Waals surface area contributed by atoms with Gasteiger partial charge in [0.25, 0.3) is 0 Å². The highest BCUT2D eigenvalue weighted by Gasteiger charge is 2.38. The van der Waals surface area contributed by atoms with Crippen LogP contribution < -0.4 is 11.5 Å². The number of nitrogens with two attached hydrogens (primary N) is 2. The van der Waals surface area contributed by atoms with Gasteiger partial charge in [-0.2, -0.15) is 0 Å². The van der Waals surface area contributed by atoms with Gasteiger partial charge in [-0.25, -0.2) is 0 Å². The Labute approximate surface area is 283 Å². The molecule has 0 spiro atoms. The van der Waals surface area contributed by atoms with Crippen LogP contribution in [0, 0.1) is 5.92 Å². The molecule has 1 aliphatic carbocycles. The molecule has 1 fully saturated rings. The van der Waals surface area contributed by atoms with Gasteiger partial charge in [-0.1, -0.05) is 123 Å². The minimum Gasteiger partial charge on any atom is -0.399 e. The quantitative estimate of drug-likeness (QED) is 0.102. The summed E-state index contributed by atoms with van der Waals surface area (Å²) in [5.74, 6) is 0.730. The molecule has 5 aromatic carbocycles. The van der Waals surface area contributed by atoms with Crippen molar-refractivity contribution in [1.29, 1.82) is 0 Å². The summed E-state index contributed by atoms with van der Waals surface area (Å²) in [6.07, 6.45) is 14.4. The highest BCUT2D eigenvalue weighted by atomic mass is 14.5. The van der Waals surface area contributed by atoms with Gasteiger partial charge in [0.2, 0.25) is 0 Å². The summed E-state index contributed by atoms with van der Waals surface area (Å²) in [6, 6.07) is 45.1. The number of rotatable bonds is 13. The van der Waals surface area contributed by atoms with Crippen LogP contribution in [0.15, 0.2) is 121 Å². The highest BCUT2D eigenvalue weighted by Crippen LogP contribution is 2.47. The first-order valence-corrected chi connectivity index (χ1v) is 17.9. The van der Waals surface area contributed by atoms with Crippen molar-refractivity contribution in [2.24, 2.45) is 5.92 Å². The van der Waals surface area contributed by atoms with Gasteiger partial charge in [0.15, 0.2) is 0 Å². The van der Waals surface area contributed by atoms with E-state index in [0.717, 1.165) is 30.1 Å². The molecule has 0 aliphatic heterocycles. The standard InChI is InChI=1S/C45H52N2/c1-2-3-4-5-6-34-7-9-35(10-8-34)33-40-27-29-45(30-28-40,41-19-11-36(12-20-41)31-38-15-23-43(46)24-16-38)42-21-13-37(14-22-42)32-39-17-25-44(47)26-18-39/h7-26,40H,2-6,27-33,46-47H2,1H3. The zero-order chi connectivity index (χ0) is 32.5. The first-order chi connectivity index (χ1) is 23.0. The number of hydrogen-bond acceptors (Lipinski definition) is 2. The van der Waals surface area contributed by atoms with E-state index in [0.29, 0.717) is 0 Å². The summed E-state index contributed by atoms with van der Waals surface area (Å²) in [6.45, 7) is 2.28. The molecule has 0 radical (unpaired) electrons. The van der Waals surface area contributed by atoms with E-state index < -0.39 is 0 Å². The van der Waals surface area contributed by atoms with Gasteiger partial charge in [-0.3, -0.25) is 0 Å². The van der Waals surface area contributed by atoms with Crippen LogP contribution in [0.1, 0.15) is 103 Å². The van der Waals surface area contributed by atoms with Gasteiger partial charge in [-0.15, -0.1) is 0 Å². The average molecular weight is 621 g/mol. The maximum atomic E-state index is 5.92. The van der Waals surface area contributed by atoms with Crippen molar-refractivity contribution in [2.75, 3.05) is 11.5 Å². The molecule has 4 N–H and O–H groups in total. The summed E-state index contributed by atoms with van der Waals surface area (Å²) in [4.78, 5) is 0. The smallest absolute Gasteiger partial charge is 0.0314 e. The minimum absolute atomic E-state index is 0.0400. The third-order valence-electron chi connectivity index (χ3n) is 10.6. The van der Waals surface area contributed by atoms with E-state index in [4.69, 9.17) is 11.5 Å². The molecule has 0 aromatic heterocycles. The SMILES string of the molecule is CCCCCCc1ccc(CC2CCC(c3ccc(Cc4ccc(N)cc4)cc3)(c3ccc(Cc4ccc(N)cc4)cc3)CC2)cc1. The lowest BCUT2D eigenvalue weighted by Gasteiger charge is -2.42. The summed E-state index contributed by atoms with van der Waals surface area (Å²) in [7, 11) is 0. The van der Waals surface area contributed by atoms with E-state index in [1.165, 1.54) is 109 Å². The number of unbranched alkanes of at least 4 members (excludes halogenated alkanes) is 3. The van der Waals surface area contributed by atoms with Gasteiger partial charge in [0, 0.05) is 16.8 Å². The third-order valence-corrected chi connectivity index (χ3v) is 10.6. The molecule has 0 saturated heterocycles. The Morgan fingerprint density at radius 3 is 1.34 bits per heavy atom. The molecular formula is C45H52N2. The van der Waals surface area contributed by atoms with E-state index in [2.05, 4.69) is 104 Å². The lowest BCUT2D eigenvalue weighted by atomic mass is 9.62. The average Bonchev–Trinajstić information content (AvgIpc) is 3.11. The molecule has 1 saturated carbocycles. The van der Waals surface area contributed by atoms with Gasteiger partial charge >= 0.3 is 0 Å². The van der Waals surface area contributed by atoms with Crippen LogP contribution in [0.5, 0.6) is 0 Å². The third kappa shape index (κ3) is 8.55. The molecule has 0 unspecified atom stereocenters. The molecule has 5 aromatic rings. The fourth-order valence-electron chi connectivity index (χ4n) is 7.68. The summed E-state index contributed by atoms with van der Waals surface area (Å²) < 4.78 is 0. The van der Waals surface area contributed by atoms with E-state index >= 15 is 0 Å². The lowest BCUT2D eigenvalue weighted by Crippen LogP contribution is -2.33. The van der Waals surface area contributed by atoms with Gasteiger partial charge in [-0.05, 0) is 132 Å². The fraction of sp³-hybridized carbons (Fsp3) is 0.333. The van der Waals surface area contributed by atoms with E-state index in [1.807, 2.05) is 24.3 Å². The molecule has 2 nitrogen and oxygen atoms in total. The molecule has 2 heteroatoms. The number of benzene rings is 5. The fourth-order valence-corrected chi connectivity index (χ4v) is 7.68. The van der Waals surface area contributed by atoms with Gasteiger partial charge < -0.3 is 11.5 Å². The Kier molecular flexibility index (Phi) is 10.8.